The van der Waals surface area contributed by atoms with Gasteiger partial charge in [0.05, 0.1) is 0 Å². The number of nitrogens with zero attached hydrogens (tertiary/aromatic N) is 3. The van der Waals surface area contributed by atoms with Crippen molar-refractivity contribution in [2.45, 2.75) is 11.6 Å². The van der Waals surface area contributed by atoms with E-state index in [9.17, 15) is 4.79 Å². The Morgan fingerprint density at radius 2 is 1.96 bits per heavy atom. The molecule has 144 valence electrons. The Balaban J connectivity index is 1.31. The van der Waals surface area contributed by atoms with Gasteiger partial charge < -0.3 is 19.4 Å². The number of carbonyl (C=O) groups is 1. The van der Waals surface area contributed by atoms with Crippen LogP contribution in [0.1, 0.15) is 6.42 Å². The molecule has 0 aliphatic carbocycles. The van der Waals surface area contributed by atoms with Crippen LogP contribution in [0.5, 0.6) is 11.5 Å². The number of ether oxygens (including phenoxy) is 2. The standard InChI is InChI=1S/C19H17ClN4O3S/c1-24-18(12-2-4-13(20)5-3-12)22-23-19(24)28-9-8-17(25)21-14-6-7-15-16(10-14)27-11-26-15/h2-7,10H,8-9,11H2,1H3,(H,21,25). The molecule has 1 N–H and O–H groups in total. The van der Waals surface area contributed by atoms with Gasteiger partial charge in [-0.05, 0) is 36.4 Å². The number of amides is 1. The molecule has 2 heterocycles. The van der Waals surface area contributed by atoms with Crippen LogP contribution < -0.4 is 14.8 Å². The lowest BCUT2D eigenvalue weighted by molar-refractivity contribution is -0.115. The lowest BCUT2D eigenvalue weighted by Crippen LogP contribution is -2.12. The Labute approximate surface area is 171 Å². The number of halogens is 1. The lowest BCUT2D eigenvalue weighted by Gasteiger charge is -2.06. The molecule has 1 aromatic heterocycles. The second-order valence-electron chi connectivity index (χ2n) is 6.09. The fraction of sp³-hybridized carbons (Fsp3) is 0.211. The average Bonchev–Trinajstić information content (AvgIpc) is 3.29. The van der Waals surface area contributed by atoms with Gasteiger partial charge in [0.2, 0.25) is 12.7 Å². The number of nitrogens with one attached hydrogen (secondary N) is 1. The molecule has 0 saturated carbocycles. The Kier molecular flexibility index (Phi) is 5.40. The molecular weight excluding hydrogens is 400 g/mol. The number of aromatic nitrogens is 3. The summed E-state index contributed by atoms with van der Waals surface area (Å²) in [4.78, 5) is 12.2. The number of fused-ring (bicyclic) bond motifs is 1. The van der Waals surface area contributed by atoms with Crippen LogP contribution >= 0.6 is 23.4 Å². The minimum absolute atomic E-state index is 0.0774. The van der Waals surface area contributed by atoms with Gasteiger partial charge in [0.1, 0.15) is 0 Å². The Morgan fingerprint density at radius 3 is 2.79 bits per heavy atom. The SMILES string of the molecule is Cn1c(SCCC(=O)Nc2ccc3c(c2)OCO3)nnc1-c1ccc(Cl)cc1. The van der Waals surface area contributed by atoms with E-state index in [0.29, 0.717) is 34.4 Å². The zero-order valence-corrected chi connectivity index (χ0v) is 16.6. The summed E-state index contributed by atoms with van der Waals surface area (Å²) >= 11 is 7.41. The van der Waals surface area contributed by atoms with Crippen LogP contribution in [-0.2, 0) is 11.8 Å². The maximum Gasteiger partial charge on any atom is 0.231 e. The fourth-order valence-corrected chi connectivity index (χ4v) is 3.70. The average molecular weight is 417 g/mol. The van der Waals surface area contributed by atoms with E-state index in [1.54, 1.807) is 18.2 Å². The van der Waals surface area contributed by atoms with E-state index in [2.05, 4.69) is 15.5 Å². The first-order valence-corrected chi connectivity index (χ1v) is 9.94. The van der Waals surface area contributed by atoms with E-state index in [1.807, 2.05) is 35.9 Å². The van der Waals surface area contributed by atoms with Crippen LogP contribution in [-0.4, -0.2) is 33.2 Å². The molecule has 9 heteroatoms. The van der Waals surface area contributed by atoms with Crippen LogP contribution in [0, 0.1) is 0 Å². The number of thioether (sulfide) groups is 1. The van der Waals surface area contributed by atoms with Crippen molar-refractivity contribution in [3.63, 3.8) is 0 Å². The van der Waals surface area contributed by atoms with Crippen molar-refractivity contribution < 1.29 is 14.3 Å². The van der Waals surface area contributed by atoms with E-state index in [0.717, 1.165) is 16.5 Å². The van der Waals surface area contributed by atoms with Crippen LogP contribution in [0.25, 0.3) is 11.4 Å². The molecule has 0 spiro atoms. The second-order valence-corrected chi connectivity index (χ2v) is 7.59. The maximum atomic E-state index is 12.2. The number of hydrogen-bond acceptors (Lipinski definition) is 6. The van der Waals surface area contributed by atoms with Crippen LogP contribution in [0.4, 0.5) is 5.69 Å². The summed E-state index contributed by atoms with van der Waals surface area (Å²) in [7, 11) is 1.90. The smallest absolute Gasteiger partial charge is 0.231 e. The van der Waals surface area contributed by atoms with Crippen LogP contribution in [0.2, 0.25) is 5.02 Å². The van der Waals surface area contributed by atoms with Crippen molar-refractivity contribution in [2.75, 3.05) is 17.9 Å². The zero-order chi connectivity index (χ0) is 19.5. The predicted molar refractivity (Wildman–Crippen MR) is 108 cm³/mol. The predicted octanol–water partition coefficient (Wildman–Crippen LogP) is 3.99. The van der Waals surface area contributed by atoms with Crippen LogP contribution in [0.15, 0.2) is 47.6 Å². The molecule has 0 unspecified atom stereocenters. The van der Waals surface area contributed by atoms with E-state index >= 15 is 0 Å². The molecule has 0 fully saturated rings. The number of anilines is 1. The summed E-state index contributed by atoms with van der Waals surface area (Å²) in [6.45, 7) is 0.207. The van der Waals surface area contributed by atoms with Crippen molar-refractivity contribution in [1.82, 2.24) is 14.8 Å². The molecule has 2 aromatic carbocycles. The molecular formula is C19H17ClN4O3S. The topological polar surface area (TPSA) is 78.3 Å². The quantitative estimate of drug-likeness (QED) is 0.612. The van der Waals surface area contributed by atoms with Gasteiger partial charge in [-0.15, -0.1) is 10.2 Å². The highest BCUT2D eigenvalue weighted by Gasteiger charge is 2.15. The first kappa shape index (κ1) is 18.6. The second kappa shape index (κ2) is 8.12. The zero-order valence-electron chi connectivity index (χ0n) is 15.0. The molecule has 0 radical (unpaired) electrons. The highest BCUT2D eigenvalue weighted by molar-refractivity contribution is 7.99. The molecule has 1 aliphatic rings. The summed E-state index contributed by atoms with van der Waals surface area (Å²) in [5, 5.41) is 12.7. The first-order chi connectivity index (χ1) is 13.6. The van der Waals surface area contributed by atoms with Gasteiger partial charge >= 0.3 is 0 Å². The van der Waals surface area contributed by atoms with E-state index in [4.69, 9.17) is 21.1 Å². The van der Waals surface area contributed by atoms with Gasteiger partial charge in [-0.1, -0.05) is 23.4 Å². The van der Waals surface area contributed by atoms with E-state index < -0.39 is 0 Å². The molecule has 7 nitrogen and oxygen atoms in total. The monoisotopic (exact) mass is 416 g/mol. The van der Waals surface area contributed by atoms with Gasteiger partial charge in [-0.2, -0.15) is 0 Å². The maximum absolute atomic E-state index is 12.2. The van der Waals surface area contributed by atoms with Crippen molar-refractivity contribution in [2.24, 2.45) is 7.05 Å². The number of carbonyl (C=O) groups excluding carboxylic acids is 1. The minimum Gasteiger partial charge on any atom is -0.454 e. The Morgan fingerprint density at radius 1 is 1.18 bits per heavy atom. The summed E-state index contributed by atoms with van der Waals surface area (Å²) in [5.74, 6) is 2.59. The summed E-state index contributed by atoms with van der Waals surface area (Å²) in [5.41, 5.74) is 1.62. The molecule has 0 atom stereocenters. The van der Waals surface area contributed by atoms with Crippen LogP contribution in [0.3, 0.4) is 0 Å². The van der Waals surface area contributed by atoms with Gasteiger partial charge in [0, 0.05) is 41.6 Å². The lowest BCUT2D eigenvalue weighted by atomic mass is 10.2. The number of hydrogen-bond donors (Lipinski definition) is 1. The fourth-order valence-electron chi connectivity index (χ4n) is 2.72. The Hall–Kier alpha value is -2.71. The van der Waals surface area contributed by atoms with Crippen molar-refractivity contribution >= 4 is 35.0 Å². The number of benzene rings is 2. The molecule has 4 rings (SSSR count). The molecule has 0 saturated heterocycles. The van der Waals surface area contributed by atoms with Gasteiger partial charge in [-0.25, -0.2) is 0 Å². The summed E-state index contributed by atoms with van der Waals surface area (Å²) < 4.78 is 12.5. The van der Waals surface area contributed by atoms with Gasteiger partial charge in [-0.3, -0.25) is 4.79 Å². The number of rotatable bonds is 6. The summed E-state index contributed by atoms with van der Waals surface area (Å²) in [6.07, 6.45) is 0.349. The highest BCUT2D eigenvalue weighted by atomic mass is 35.5. The van der Waals surface area contributed by atoms with Crippen molar-refractivity contribution in [3.05, 3.63) is 47.5 Å². The van der Waals surface area contributed by atoms with Crippen molar-refractivity contribution in [1.29, 1.82) is 0 Å². The molecule has 3 aromatic rings. The Bertz CT molecular complexity index is 1010. The minimum atomic E-state index is -0.0774. The third-order valence-electron chi connectivity index (χ3n) is 4.15. The van der Waals surface area contributed by atoms with Crippen molar-refractivity contribution in [3.8, 4) is 22.9 Å². The molecule has 0 bridgehead atoms. The van der Waals surface area contributed by atoms with Gasteiger partial charge in [0.25, 0.3) is 0 Å². The third kappa shape index (κ3) is 4.07. The highest BCUT2D eigenvalue weighted by Crippen LogP contribution is 2.34. The third-order valence-corrected chi connectivity index (χ3v) is 5.43. The molecule has 28 heavy (non-hydrogen) atoms. The van der Waals surface area contributed by atoms with E-state index in [-0.39, 0.29) is 12.7 Å². The largest absolute Gasteiger partial charge is 0.454 e. The first-order valence-electron chi connectivity index (χ1n) is 8.58. The van der Waals surface area contributed by atoms with Gasteiger partial charge in [0.15, 0.2) is 22.5 Å². The summed E-state index contributed by atoms with van der Waals surface area (Å²) in [6, 6.07) is 12.8. The molecule has 1 amide bonds. The normalized spacial score (nSPS) is 12.2. The van der Waals surface area contributed by atoms with E-state index in [1.165, 1.54) is 11.8 Å². The molecule has 1 aliphatic heterocycles.